The summed E-state index contributed by atoms with van der Waals surface area (Å²) in [6, 6.07) is 12.3. The van der Waals surface area contributed by atoms with Gasteiger partial charge in [0.15, 0.2) is 0 Å². The first-order chi connectivity index (χ1) is 14.7. The van der Waals surface area contributed by atoms with Gasteiger partial charge >= 0.3 is 41.3 Å². The second-order valence-electron chi connectivity index (χ2n) is 11.2. The largest absolute Gasteiger partial charge is 1.00 e. The Morgan fingerprint density at radius 1 is 0.794 bits per heavy atom. The van der Waals surface area contributed by atoms with Gasteiger partial charge in [-0.1, -0.05) is 87.8 Å². The van der Waals surface area contributed by atoms with E-state index >= 15 is 0 Å². The Kier molecular flexibility index (Phi) is 13.6. The average Bonchev–Trinajstić information content (AvgIpc) is 3.31. The van der Waals surface area contributed by atoms with Gasteiger partial charge in [0, 0.05) is 0 Å². The molecular weight excluding hydrogens is 567 g/mol. The Labute approximate surface area is 237 Å². The summed E-state index contributed by atoms with van der Waals surface area (Å²) in [5.74, 6) is 0. The standard InChI is InChI=1S/C21H29Si2.C5H5.C3H6.2ClH.Zr/c1-14-9-16(22(3,4)5)11-20-18(14)13-19-15(2)10-17(12-21(19)20)23(6,7)8;1-2-4-5-3-1;1-3-2;;;/h9-13H,1-8H3;1-3H,4H2;1-2H3;2*1H;/q2*-1;;;;+2/p-2. The van der Waals surface area contributed by atoms with E-state index in [9.17, 15) is 0 Å². The molecule has 0 saturated heterocycles. The first kappa shape index (κ1) is 33.6. The maximum Gasteiger partial charge on any atom is 0.0759 e. The Hall–Kier alpha value is -0.443. The van der Waals surface area contributed by atoms with Crippen LogP contribution in [0.15, 0.2) is 48.6 Å². The van der Waals surface area contributed by atoms with Crippen molar-refractivity contribution in [3.63, 3.8) is 0 Å². The third-order valence-electron chi connectivity index (χ3n) is 5.67. The van der Waals surface area contributed by atoms with E-state index < -0.39 is 16.1 Å². The molecule has 4 rings (SSSR count). The first-order valence-corrected chi connectivity index (χ1v) is 19.8. The number of hydrogen-bond acceptors (Lipinski definition) is 0. The maximum absolute atomic E-state index is 2.99. The summed E-state index contributed by atoms with van der Waals surface area (Å²) in [4.78, 5) is 0. The number of rotatable bonds is 2. The zero-order valence-electron chi connectivity index (χ0n) is 22.6. The normalized spacial score (nSPS) is 12.4. The minimum absolute atomic E-state index is 0. The molecule has 0 bridgehead atoms. The topological polar surface area (TPSA) is 0 Å². The summed E-state index contributed by atoms with van der Waals surface area (Å²) in [6.07, 6.45) is 10.0. The molecule has 0 fully saturated rings. The summed E-state index contributed by atoms with van der Waals surface area (Å²) in [5, 5.41) is 8.98. The van der Waals surface area contributed by atoms with E-state index in [1.54, 1.807) is 34.6 Å². The van der Waals surface area contributed by atoms with Crippen LogP contribution in [0.5, 0.6) is 0 Å². The molecule has 0 nitrogen and oxygen atoms in total. The van der Waals surface area contributed by atoms with Crippen LogP contribution in [0.25, 0.3) is 21.5 Å². The fourth-order valence-corrected chi connectivity index (χ4v) is 6.23. The molecule has 0 N–H and O–H groups in total. The van der Waals surface area contributed by atoms with Crippen LogP contribution in [0.4, 0.5) is 0 Å². The molecule has 0 saturated carbocycles. The Balaban J connectivity index is 0.000000840. The maximum atomic E-state index is 2.99. The predicted molar refractivity (Wildman–Crippen MR) is 150 cm³/mol. The zero-order chi connectivity index (χ0) is 24.3. The van der Waals surface area contributed by atoms with Gasteiger partial charge in [-0.15, -0.1) is 45.2 Å². The van der Waals surface area contributed by atoms with E-state index in [0.717, 1.165) is 6.42 Å². The van der Waals surface area contributed by atoms with Crippen LogP contribution in [0.1, 0.15) is 31.4 Å². The van der Waals surface area contributed by atoms with Crippen LogP contribution in [0.2, 0.25) is 39.3 Å². The van der Waals surface area contributed by atoms with Gasteiger partial charge in [0.25, 0.3) is 0 Å². The number of hydrogen-bond donors (Lipinski definition) is 0. The van der Waals surface area contributed by atoms with Crippen molar-refractivity contribution in [3.8, 4) is 0 Å². The van der Waals surface area contributed by atoms with Crippen molar-refractivity contribution in [3.05, 3.63) is 65.8 Å². The summed E-state index contributed by atoms with van der Waals surface area (Å²) >= 11 is 1.55. The van der Waals surface area contributed by atoms with Gasteiger partial charge in [0.2, 0.25) is 0 Å². The molecule has 34 heavy (non-hydrogen) atoms. The molecule has 0 heterocycles. The monoisotopic (exact) mass is 604 g/mol. The molecule has 0 radical (unpaired) electrons. The van der Waals surface area contributed by atoms with E-state index in [0.29, 0.717) is 0 Å². The van der Waals surface area contributed by atoms with Gasteiger partial charge in [-0.05, 0) is 0 Å². The van der Waals surface area contributed by atoms with Crippen molar-refractivity contribution in [1.29, 1.82) is 0 Å². The number of allylic oxidation sites excluding steroid dienone is 4. The van der Waals surface area contributed by atoms with Gasteiger partial charge in [-0.25, -0.2) is 12.2 Å². The average molecular weight is 607 g/mol. The van der Waals surface area contributed by atoms with Crippen molar-refractivity contribution in [2.75, 3.05) is 0 Å². The Bertz CT molecular complexity index is 1080. The zero-order valence-corrected chi connectivity index (χ0v) is 28.6. The van der Waals surface area contributed by atoms with E-state index in [4.69, 9.17) is 0 Å². The number of fused-ring (bicyclic) bond motifs is 3. The molecule has 0 amide bonds. The molecular formula is C29H40Cl2Si2Zr-2. The van der Waals surface area contributed by atoms with Crippen molar-refractivity contribution in [1.82, 2.24) is 0 Å². The van der Waals surface area contributed by atoms with Crippen LogP contribution >= 0.6 is 0 Å². The SMILES string of the molecule is C[C](C)=[Zr+2].Cc1cc([Si](C)(C)C)cc2c1[cH-]c1c(C)cc([Si](C)(C)C)cc12.[C-]1=CC=CC1.[Cl-].[Cl-]. The number of halogens is 2. The van der Waals surface area contributed by atoms with E-state index in [2.05, 4.69) is 109 Å². The minimum atomic E-state index is -1.30. The fraction of sp³-hybridized carbons (Fsp3) is 0.379. The van der Waals surface area contributed by atoms with Crippen LogP contribution in [0, 0.1) is 19.9 Å². The van der Waals surface area contributed by atoms with Gasteiger partial charge < -0.3 is 24.8 Å². The van der Waals surface area contributed by atoms with Crippen LogP contribution in [0.3, 0.4) is 0 Å². The van der Waals surface area contributed by atoms with Gasteiger partial charge in [0.05, 0.1) is 16.1 Å². The van der Waals surface area contributed by atoms with Crippen molar-refractivity contribution < 1.29 is 49.0 Å². The number of benzene rings is 2. The Morgan fingerprint density at radius 2 is 1.18 bits per heavy atom. The van der Waals surface area contributed by atoms with Crippen LogP contribution in [-0.2, 0) is 24.2 Å². The molecule has 3 aromatic rings. The van der Waals surface area contributed by atoms with Crippen LogP contribution in [-0.4, -0.2) is 19.4 Å². The molecule has 0 spiro atoms. The molecule has 5 heteroatoms. The fourth-order valence-electron chi connectivity index (χ4n) is 3.78. The summed E-state index contributed by atoms with van der Waals surface area (Å²) in [5.41, 5.74) is 2.87. The second kappa shape index (κ2) is 13.8. The van der Waals surface area contributed by atoms with Crippen molar-refractivity contribution >= 4 is 51.3 Å². The molecule has 0 unspecified atom stereocenters. The third kappa shape index (κ3) is 9.21. The van der Waals surface area contributed by atoms with Gasteiger partial charge in [0.1, 0.15) is 0 Å². The molecule has 0 atom stereocenters. The summed E-state index contributed by atoms with van der Waals surface area (Å²) in [6.45, 7) is 23.5. The molecule has 1 aliphatic carbocycles. The van der Waals surface area contributed by atoms with Gasteiger partial charge in [-0.3, -0.25) is 6.08 Å². The van der Waals surface area contributed by atoms with Crippen molar-refractivity contribution in [2.24, 2.45) is 0 Å². The number of aryl methyl sites for hydroxylation is 2. The smallest absolute Gasteiger partial charge is 0.0759 e. The predicted octanol–water partition coefficient (Wildman–Crippen LogP) is 1.48. The molecule has 0 aliphatic heterocycles. The molecule has 184 valence electrons. The molecule has 1 aliphatic rings. The van der Waals surface area contributed by atoms with Crippen LogP contribution < -0.4 is 35.2 Å². The third-order valence-corrected chi connectivity index (χ3v) is 9.71. The second-order valence-corrected chi connectivity index (χ2v) is 23.8. The van der Waals surface area contributed by atoms with Crippen molar-refractivity contribution in [2.45, 2.75) is 73.4 Å². The quantitative estimate of drug-likeness (QED) is 0.307. The first-order valence-electron chi connectivity index (χ1n) is 11.6. The Morgan fingerprint density at radius 3 is 1.41 bits per heavy atom. The summed E-state index contributed by atoms with van der Waals surface area (Å²) < 4.78 is 1.51. The van der Waals surface area contributed by atoms with Gasteiger partial charge in [-0.2, -0.15) is 6.08 Å². The van der Waals surface area contributed by atoms with E-state index in [1.807, 2.05) is 12.2 Å². The summed E-state index contributed by atoms with van der Waals surface area (Å²) in [7, 11) is -2.60. The molecule has 3 aromatic carbocycles. The van der Waals surface area contributed by atoms with E-state index in [-0.39, 0.29) is 24.8 Å². The van der Waals surface area contributed by atoms with E-state index in [1.165, 1.54) is 35.9 Å². The molecule has 0 aromatic heterocycles. The minimum Gasteiger partial charge on any atom is -1.00 e.